The van der Waals surface area contributed by atoms with Crippen molar-refractivity contribution >= 4 is 29.3 Å². The number of thioether (sulfide) groups is 1. The zero-order chi connectivity index (χ0) is 18.4. The van der Waals surface area contributed by atoms with Gasteiger partial charge in [0, 0.05) is 4.90 Å². The summed E-state index contributed by atoms with van der Waals surface area (Å²) in [6, 6.07) is 16.0. The topological polar surface area (TPSA) is 105 Å². The van der Waals surface area contributed by atoms with Gasteiger partial charge in [0.1, 0.15) is 0 Å². The number of hydrogen-bond donors (Lipinski definition) is 2. The van der Waals surface area contributed by atoms with Crippen LogP contribution in [0.3, 0.4) is 0 Å². The molecule has 0 radical (unpaired) electrons. The van der Waals surface area contributed by atoms with Crippen molar-refractivity contribution in [1.82, 2.24) is 10.1 Å². The van der Waals surface area contributed by atoms with E-state index < -0.39 is 11.9 Å². The minimum Gasteiger partial charge on any atom is -0.478 e. The summed E-state index contributed by atoms with van der Waals surface area (Å²) in [6.45, 7) is 0. The Hall–Kier alpha value is -3.13. The SMILES string of the molecule is O=C(Cc1noc(CSc2ccccc2)n1)Nc1ccccc1C(=O)O. The van der Waals surface area contributed by atoms with Crippen LogP contribution in [0.4, 0.5) is 5.69 Å². The molecular formula is C18H15N3O4S. The molecule has 7 nitrogen and oxygen atoms in total. The lowest BCUT2D eigenvalue weighted by molar-refractivity contribution is -0.115. The molecular weight excluding hydrogens is 354 g/mol. The van der Waals surface area contributed by atoms with Gasteiger partial charge in [-0.2, -0.15) is 4.98 Å². The molecule has 26 heavy (non-hydrogen) atoms. The molecule has 1 amide bonds. The van der Waals surface area contributed by atoms with E-state index in [0.29, 0.717) is 11.6 Å². The number of nitrogens with zero attached hydrogens (tertiary/aromatic N) is 2. The molecule has 0 saturated carbocycles. The lowest BCUT2D eigenvalue weighted by Gasteiger charge is -2.06. The highest BCUT2D eigenvalue weighted by molar-refractivity contribution is 7.98. The summed E-state index contributed by atoms with van der Waals surface area (Å²) in [7, 11) is 0. The van der Waals surface area contributed by atoms with E-state index in [1.54, 1.807) is 23.9 Å². The highest BCUT2D eigenvalue weighted by Crippen LogP contribution is 2.21. The zero-order valence-electron chi connectivity index (χ0n) is 13.6. The number of anilines is 1. The number of nitrogens with one attached hydrogen (secondary N) is 1. The van der Waals surface area contributed by atoms with Crippen LogP contribution in [0.5, 0.6) is 0 Å². The molecule has 3 rings (SSSR count). The number of para-hydroxylation sites is 1. The van der Waals surface area contributed by atoms with Gasteiger partial charge in [-0.1, -0.05) is 35.5 Å². The van der Waals surface area contributed by atoms with E-state index in [1.165, 1.54) is 12.1 Å². The van der Waals surface area contributed by atoms with Crippen molar-refractivity contribution in [2.75, 3.05) is 5.32 Å². The summed E-state index contributed by atoms with van der Waals surface area (Å²) >= 11 is 1.55. The molecule has 2 aromatic carbocycles. The average Bonchev–Trinajstić information content (AvgIpc) is 3.08. The first-order valence-corrected chi connectivity index (χ1v) is 8.72. The van der Waals surface area contributed by atoms with Crippen molar-refractivity contribution in [3.63, 3.8) is 0 Å². The predicted octanol–water partition coefficient (Wildman–Crippen LogP) is 3.24. The summed E-state index contributed by atoms with van der Waals surface area (Å²) in [5.41, 5.74) is 0.252. The third kappa shape index (κ3) is 4.70. The molecule has 0 bridgehead atoms. The third-order valence-corrected chi connectivity index (χ3v) is 4.36. The number of aromatic nitrogens is 2. The second-order valence-corrected chi connectivity index (χ2v) is 6.33. The average molecular weight is 369 g/mol. The van der Waals surface area contributed by atoms with Gasteiger partial charge in [0.15, 0.2) is 5.82 Å². The van der Waals surface area contributed by atoms with Crippen molar-refractivity contribution in [2.24, 2.45) is 0 Å². The fraction of sp³-hybridized carbons (Fsp3) is 0.111. The van der Waals surface area contributed by atoms with Gasteiger partial charge in [0.05, 0.1) is 23.4 Å². The van der Waals surface area contributed by atoms with Crippen LogP contribution in [-0.4, -0.2) is 27.1 Å². The first kappa shape index (κ1) is 17.7. The number of benzene rings is 2. The van der Waals surface area contributed by atoms with Crippen LogP contribution in [0.1, 0.15) is 22.1 Å². The number of carbonyl (C=O) groups excluding carboxylic acids is 1. The van der Waals surface area contributed by atoms with Gasteiger partial charge >= 0.3 is 5.97 Å². The maximum absolute atomic E-state index is 12.1. The normalized spacial score (nSPS) is 10.5. The van der Waals surface area contributed by atoms with Gasteiger partial charge in [-0.25, -0.2) is 4.79 Å². The zero-order valence-corrected chi connectivity index (χ0v) is 14.4. The van der Waals surface area contributed by atoms with Crippen LogP contribution >= 0.6 is 11.8 Å². The van der Waals surface area contributed by atoms with Crippen molar-refractivity contribution in [2.45, 2.75) is 17.1 Å². The van der Waals surface area contributed by atoms with Gasteiger partial charge < -0.3 is 14.9 Å². The molecule has 0 atom stereocenters. The van der Waals surface area contributed by atoms with Crippen molar-refractivity contribution in [3.05, 3.63) is 71.9 Å². The number of carbonyl (C=O) groups is 2. The highest BCUT2D eigenvalue weighted by Gasteiger charge is 2.15. The minimum atomic E-state index is -1.11. The molecule has 0 spiro atoms. The summed E-state index contributed by atoms with van der Waals surface area (Å²) < 4.78 is 5.14. The Morgan fingerprint density at radius 3 is 2.58 bits per heavy atom. The second-order valence-electron chi connectivity index (χ2n) is 5.28. The molecule has 3 aromatic rings. The first-order chi connectivity index (χ1) is 12.6. The molecule has 0 saturated heterocycles. The van der Waals surface area contributed by atoms with Gasteiger partial charge in [-0.05, 0) is 24.3 Å². The molecule has 2 N–H and O–H groups in total. The van der Waals surface area contributed by atoms with E-state index >= 15 is 0 Å². The summed E-state index contributed by atoms with van der Waals surface area (Å²) in [5.74, 6) is -0.352. The Balaban J connectivity index is 1.57. The first-order valence-electron chi connectivity index (χ1n) is 7.73. The Morgan fingerprint density at radius 2 is 1.81 bits per heavy atom. The lowest BCUT2D eigenvalue weighted by atomic mass is 10.2. The van der Waals surface area contributed by atoms with E-state index in [-0.39, 0.29) is 23.5 Å². The number of rotatable bonds is 7. The van der Waals surface area contributed by atoms with Crippen LogP contribution in [0.25, 0.3) is 0 Å². The van der Waals surface area contributed by atoms with Gasteiger partial charge in [0.25, 0.3) is 0 Å². The maximum Gasteiger partial charge on any atom is 0.337 e. The van der Waals surface area contributed by atoms with E-state index in [9.17, 15) is 9.59 Å². The third-order valence-electron chi connectivity index (χ3n) is 3.37. The fourth-order valence-corrected chi connectivity index (χ4v) is 2.96. The van der Waals surface area contributed by atoms with Gasteiger partial charge in [0.2, 0.25) is 11.8 Å². The molecule has 0 unspecified atom stereocenters. The molecule has 0 aliphatic heterocycles. The Bertz CT molecular complexity index is 912. The van der Waals surface area contributed by atoms with Crippen LogP contribution in [0, 0.1) is 0 Å². The summed E-state index contributed by atoms with van der Waals surface area (Å²) in [6.07, 6.45) is -0.104. The number of hydrogen-bond acceptors (Lipinski definition) is 6. The lowest BCUT2D eigenvalue weighted by Crippen LogP contribution is -2.17. The number of carboxylic acid groups (broad SMARTS) is 1. The van der Waals surface area contributed by atoms with E-state index in [0.717, 1.165) is 4.90 Å². The van der Waals surface area contributed by atoms with E-state index in [1.807, 2.05) is 30.3 Å². The van der Waals surface area contributed by atoms with Crippen LogP contribution in [0.2, 0.25) is 0 Å². The summed E-state index contributed by atoms with van der Waals surface area (Å²) in [4.78, 5) is 28.5. The Kier molecular flexibility index (Phi) is 5.65. The monoisotopic (exact) mass is 369 g/mol. The van der Waals surface area contributed by atoms with Crippen LogP contribution < -0.4 is 5.32 Å². The van der Waals surface area contributed by atoms with E-state index in [4.69, 9.17) is 9.63 Å². The van der Waals surface area contributed by atoms with Crippen LogP contribution in [-0.2, 0) is 17.0 Å². The molecule has 8 heteroatoms. The highest BCUT2D eigenvalue weighted by atomic mass is 32.2. The molecule has 0 fully saturated rings. The Morgan fingerprint density at radius 1 is 1.08 bits per heavy atom. The van der Waals surface area contributed by atoms with E-state index in [2.05, 4.69) is 15.5 Å². The maximum atomic E-state index is 12.1. The quantitative estimate of drug-likeness (QED) is 0.616. The van der Waals surface area contributed by atoms with Gasteiger partial charge in [-0.3, -0.25) is 4.79 Å². The van der Waals surface area contributed by atoms with Crippen molar-refractivity contribution in [3.8, 4) is 0 Å². The van der Waals surface area contributed by atoms with Crippen molar-refractivity contribution in [1.29, 1.82) is 0 Å². The molecule has 0 aliphatic rings. The fourth-order valence-electron chi connectivity index (χ4n) is 2.20. The Labute approximate surface area is 153 Å². The molecule has 132 valence electrons. The van der Waals surface area contributed by atoms with Crippen molar-refractivity contribution < 1.29 is 19.2 Å². The van der Waals surface area contributed by atoms with Gasteiger partial charge in [-0.15, -0.1) is 11.8 Å². The molecule has 1 aromatic heterocycles. The van der Waals surface area contributed by atoms with Crippen LogP contribution in [0.15, 0.2) is 64.0 Å². The number of aromatic carboxylic acids is 1. The second kappa shape index (κ2) is 8.30. The number of amides is 1. The standard InChI is InChI=1S/C18H15N3O4S/c22-16(19-14-9-5-4-8-13(14)18(23)24)10-15-20-17(25-21-15)11-26-12-6-2-1-3-7-12/h1-9H,10-11H2,(H,19,22)(H,23,24). The number of carboxylic acids is 1. The molecule has 1 heterocycles. The summed E-state index contributed by atoms with van der Waals surface area (Å²) in [5, 5.41) is 15.5. The predicted molar refractivity (Wildman–Crippen MR) is 96.0 cm³/mol. The smallest absolute Gasteiger partial charge is 0.337 e. The molecule has 0 aliphatic carbocycles. The largest absolute Gasteiger partial charge is 0.478 e. The minimum absolute atomic E-state index is 0.0221.